The van der Waals surface area contributed by atoms with Gasteiger partial charge in [-0.15, -0.1) is 0 Å². The second-order valence-corrected chi connectivity index (χ2v) is 6.56. The predicted octanol–water partition coefficient (Wildman–Crippen LogP) is 4.55. The minimum absolute atomic E-state index is 0.226. The second kappa shape index (κ2) is 7.88. The van der Waals surface area contributed by atoms with Crippen LogP contribution in [0.1, 0.15) is 21.6 Å². The molecule has 0 unspecified atom stereocenters. The van der Waals surface area contributed by atoms with Crippen molar-refractivity contribution < 1.29 is 4.79 Å². The number of benzene rings is 2. The van der Waals surface area contributed by atoms with Crippen LogP contribution in [0.4, 0.5) is 5.82 Å². The number of hydrogen-bond acceptors (Lipinski definition) is 3. The van der Waals surface area contributed by atoms with Crippen molar-refractivity contribution >= 4 is 11.7 Å². The van der Waals surface area contributed by atoms with Crippen molar-refractivity contribution in [2.75, 3.05) is 5.32 Å². The highest BCUT2D eigenvalue weighted by atomic mass is 16.1. The van der Waals surface area contributed by atoms with Gasteiger partial charge in [-0.1, -0.05) is 66.7 Å². The van der Waals surface area contributed by atoms with Crippen molar-refractivity contribution in [1.82, 2.24) is 14.8 Å². The first-order chi connectivity index (χ1) is 13.7. The molecular formula is C23H20N4O. The number of carbonyl (C=O) groups excluding carboxylic acids is 1. The molecule has 4 rings (SSSR count). The van der Waals surface area contributed by atoms with Crippen LogP contribution >= 0.6 is 0 Å². The Hall–Kier alpha value is -3.73. The molecule has 0 radical (unpaired) electrons. The van der Waals surface area contributed by atoms with Crippen LogP contribution in [0.5, 0.6) is 0 Å². The summed E-state index contributed by atoms with van der Waals surface area (Å²) in [7, 11) is 0. The monoisotopic (exact) mass is 368 g/mol. The van der Waals surface area contributed by atoms with Gasteiger partial charge in [-0.05, 0) is 24.6 Å². The van der Waals surface area contributed by atoms with Crippen LogP contribution in [0.2, 0.25) is 0 Å². The van der Waals surface area contributed by atoms with E-state index < -0.39 is 0 Å². The molecule has 4 aromatic rings. The molecule has 1 N–H and O–H groups in total. The van der Waals surface area contributed by atoms with E-state index in [9.17, 15) is 4.79 Å². The molecule has 2 heterocycles. The number of aryl methyl sites for hydroxylation is 1. The first-order valence-electron chi connectivity index (χ1n) is 9.11. The van der Waals surface area contributed by atoms with Gasteiger partial charge in [0.2, 0.25) is 0 Å². The summed E-state index contributed by atoms with van der Waals surface area (Å²) >= 11 is 0. The number of anilines is 1. The largest absolute Gasteiger partial charge is 0.306 e. The number of nitrogens with zero attached hydrogens (tertiary/aromatic N) is 3. The van der Waals surface area contributed by atoms with Crippen LogP contribution in [0.25, 0.3) is 11.3 Å². The Balaban J connectivity index is 1.68. The van der Waals surface area contributed by atoms with Gasteiger partial charge in [0.05, 0.1) is 12.1 Å². The minimum atomic E-state index is -0.226. The van der Waals surface area contributed by atoms with Gasteiger partial charge in [0, 0.05) is 17.5 Å². The van der Waals surface area contributed by atoms with E-state index in [4.69, 9.17) is 5.10 Å². The summed E-state index contributed by atoms with van der Waals surface area (Å²) in [6.07, 6.45) is 1.79. The molecule has 0 atom stereocenters. The molecule has 0 bridgehead atoms. The summed E-state index contributed by atoms with van der Waals surface area (Å²) in [5.74, 6) is 0.302. The lowest BCUT2D eigenvalue weighted by molar-refractivity contribution is 0.102. The second-order valence-electron chi connectivity index (χ2n) is 6.56. The average molecular weight is 368 g/mol. The number of nitrogens with one attached hydrogen (secondary N) is 1. The Bertz CT molecular complexity index is 1090. The molecule has 1 amide bonds. The maximum atomic E-state index is 13.0. The molecule has 0 saturated heterocycles. The van der Waals surface area contributed by atoms with Gasteiger partial charge in [-0.3, -0.25) is 9.48 Å². The Morgan fingerprint density at radius 3 is 2.36 bits per heavy atom. The molecule has 138 valence electrons. The van der Waals surface area contributed by atoms with Crippen LogP contribution in [0, 0.1) is 6.92 Å². The van der Waals surface area contributed by atoms with Gasteiger partial charge >= 0.3 is 0 Å². The standard InChI is InChI=1S/C23H20N4O/c1-17-9-8-14-21(24-17)25-23(28)20-16-27(15-18-10-4-2-5-11-18)26-22(20)19-12-6-3-7-13-19/h2-14,16H,15H2,1H3,(H,24,25,28). The van der Waals surface area contributed by atoms with Crippen molar-refractivity contribution in [3.8, 4) is 11.3 Å². The summed E-state index contributed by atoms with van der Waals surface area (Å²) in [5.41, 5.74) is 4.04. The zero-order valence-electron chi connectivity index (χ0n) is 15.5. The lowest BCUT2D eigenvalue weighted by Gasteiger charge is -2.05. The van der Waals surface area contributed by atoms with Crippen molar-refractivity contribution in [2.24, 2.45) is 0 Å². The molecule has 0 aliphatic heterocycles. The number of pyridine rings is 1. The zero-order valence-corrected chi connectivity index (χ0v) is 15.5. The van der Waals surface area contributed by atoms with Crippen LogP contribution in [0.3, 0.4) is 0 Å². The summed E-state index contributed by atoms with van der Waals surface area (Å²) in [5, 5.41) is 7.57. The van der Waals surface area contributed by atoms with Crippen LogP contribution in [0.15, 0.2) is 85.1 Å². The molecular weight excluding hydrogens is 348 g/mol. The maximum absolute atomic E-state index is 13.0. The molecule has 0 fully saturated rings. The molecule has 2 aromatic heterocycles. The smallest absolute Gasteiger partial charge is 0.260 e. The quantitative estimate of drug-likeness (QED) is 0.562. The number of aromatic nitrogens is 3. The number of rotatable bonds is 5. The lowest BCUT2D eigenvalue weighted by atomic mass is 10.1. The fourth-order valence-corrected chi connectivity index (χ4v) is 3.04. The van der Waals surface area contributed by atoms with Crippen molar-refractivity contribution in [3.63, 3.8) is 0 Å². The first-order valence-corrected chi connectivity index (χ1v) is 9.11. The number of amides is 1. The van der Waals surface area contributed by atoms with E-state index in [1.165, 1.54) is 0 Å². The molecule has 5 heteroatoms. The third-order valence-corrected chi connectivity index (χ3v) is 4.37. The molecule has 0 saturated carbocycles. The topological polar surface area (TPSA) is 59.8 Å². The van der Waals surface area contributed by atoms with E-state index in [-0.39, 0.29) is 5.91 Å². The Morgan fingerprint density at radius 2 is 1.64 bits per heavy atom. The fourth-order valence-electron chi connectivity index (χ4n) is 3.04. The third kappa shape index (κ3) is 3.99. The van der Waals surface area contributed by atoms with E-state index in [1.807, 2.05) is 79.7 Å². The molecule has 2 aromatic carbocycles. The minimum Gasteiger partial charge on any atom is -0.306 e. The van der Waals surface area contributed by atoms with Crippen LogP contribution < -0.4 is 5.32 Å². The molecule has 0 aliphatic carbocycles. The SMILES string of the molecule is Cc1cccc(NC(=O)c2cn(Cc3ccccc3)nc2-c2ccccc2)n1. The van der Waals surface area contributed by atoms with Crippen molar-refractivity contribution in [1.29, 1.82) is 0 Å². The van der Waals surface area contributed by atoms with Crippen molar-refractivity contribution in [3.05, 3.63) is 102 Å². The van der Waals surface area contributed by atoms with Gasteiger partial charge in [0.15, 0.2) is 0 Å². The highest BCUT2D eigenvalue weighted by Gasteiger charge is 2.18. The molecule has 5 nitrogen and oxygen atoms in total. The lowest BCUT2D eigenvalue weighted by Crippen LogP contribution is -2.13. The van der Waals surface area contributed by atoms with Crippen molar-refractivity contribution in [2.45, 2.75) is 13.5 Å². The third-order valence-electron chi connectivity index (χ3n) is 4.37. The highest BCUT2D eigenvalue weighted by Crippen LogP contribution is 2.23. The van der Waals surface area contributed by atoms with E-state index in [1.54, 1.807) is 16.9 Å². The normalized spacial score (nSPS) is 10.6. The zero-order chi connectivity index (χ0) is 19.3. The Morgan fingerprint density at radius 1 is 0.929 bits per heavy atom. The van der Waals surface area contributed by atoms with Gasteiger partial charge < -0.3 is 5.32 Å². The number of carbonyl (C=O) groups is 1. The fraction of sp³-hybridized carbons (Fsp3) is 0.0870. The van der Waals surface area contributed by atoms with E-state index in [0.29, 0.717) is 23.6 Å². The van der Waals surface area contributed by atoms with Gasteiger partial charge in [-0.25, -0.2) is 4.98 Å². The van der Waals surface area contributed by atoms with Gasteiger partial charge in [-0.2, -0.15) is 5.10 Å². The highest BCUT2D eigenvalue weighted by molar-refractivity contribution is 6.07. The Kier molecular flexibility index (Phi) is 4.97. The van der Waals surface area contributed by atoms with E-state index in [0.717, 1.165) is 16.8 Å². The van der Waals surface area contributed by atoms with Gasteiger partial charge in [0.1, 0.15) is 11.5 Å². The molecule has 0 spiro atoms. The predicted molar refractivity (Wildman–Crippen MR) is 110 cm³/mol. The number of hydrogen-bond donors (Lipinski definition) is 1. The van der Waals surface area contributed by atoms with E-state index >= 15 is 0 Å². The maximum Gasteiger partial charge on any atom is 0.260 e. The average Bonchev–Trinajstić information content (AvgIpc) is 3.13. The molecule has 28 heavy (non-hydrogen) atoms. The van der Waals surface area contributed by atoms with E-state index in [2.05, 4.69) is 10.3 Å². The van der Waals surface area contributed by atoms with Crippen LogP contribution in [-0.4, -0.2) is 20.7 Å². The summed E-state index contributed by atoms with van der Waals surface area (Å²) in [4.78, 5) is 17.3. The summed E-state index contributed by atoms with van der Waals surface area (Å²) in [6, 6.07) is 25.3. The summed E-state index contributed by atoms with van der Waals surface area (Å²) in [6.45, 7) is 2.49. The molecule has 0 aliphatic rings. The van der Waals surface area contributed by atoms with Gasteiger partial charge in [0.25, 0.3) is 5.91 Å². The first kappa shape index (κ1) is 17.7. The Labute approximate surface area is 163 Å². The van der Waals surface area contributed by atoms with Crippen LogP contribution in [-0.2, 0) is 6.54 Å². The summed E-state index contributed by atoms with van der Waals surface area (Å²) < 4.78 is 1.80.